The monoisotopic (exact) mass is 324 g/mol. The molecule has 1 aromatic rings. The van der Waals surface area contributed by atoms with E-state index in [1.54, 1.807) is 0 Å². The van der Waals surface area contributed by atoms with E-state index in [1.165, 1.54) is 0 Å². The van der Waals surface area contributed by atoms with Gasteiger partial charge in [0.05, 0.1) is 6.04 Å². The summed E-state index contributed by atoms with van der Waals surface area (Å²) < 4.78 is 1.03. The Kier molecular flexibility index (Phi) is 4.63. The van der Waals surface area contributed by atoms with Gasteiger partial charge in [-0.1, -0.05) is 40.9 Å². The molecule has 1 amide bonds. The first-order chi connectivity index (χ1) is 8.98. The molecule has 1 aromatic carbocycles. The fourth-order valence-corrected chi connectivity index (χ4v) is 3.14. The summed E-state index contributed by atoms with van der Waals surface area (Å²) in [4.78, 5) is 12.1. The van der Waals surface area contributed by atoms with Gasteiger partial charge >= 0.3 is 0 Å². The van der Waals surface area contributed by atoms with Gasteiger partial charge in [-0.2, -0.15) is 0 Å². The van der Waals surface area contributed by atoms with Crippen LogP contribution in [0.2, 0.25) is 0 Å². The van der Waals surface area contributed by atoms with E-state index < -0.39 is 0 Å². The molecular formula is C15H21BrN2O. The van der Waals surface area contributed by atoms with E-state index in [1.807, 2.05) is 31.2 Å². The number of rotatable bonds is 4. The summed E-state index contributed by atoms with van der Waals surface area (Å²) in [6, 6.07) is 8.01. The van der Waals surface area contributed by atoms with Crippen LogP contribution in [0.3, 0.4) is 0 Å². The third-order valence-corrected chi connectivity index (χ3v) is 4.33. The molecule has 1 atom stereocenters. The SMILES string of the molecule is C[C@@H](NC(=O)CC1(N)CCCC1)c1cccc(Br)c1. The van der Waals surface area contributed by atoms with E-state index in [0.717, 1.165) is 35.7 Å². The van der Waals surface area contributed by atoms with Crippen LogP contribution in [-0.4, -0.2) is 11.4 Å². The van der Waals surface area contributed by atoms with Crippen LogP contribution in [0.5, 0.6) is 0 Å². The lowest BCUT2D eigenvalue weighted by Gasteiger charge is -2.24. The fourth-order valence-electron chi connectivity index (χ4n) is 2.73. The molecule has 0 radical (unpaired) electrons. The third-order valence-electron chi connectivity index (χ3n) is 3.84. The lowest BCUT2D eigenvalue weighted by Crippen LogP contribution is -2.42. The van der Waals surface area contributed by atoms with E-state index in [-0.39, 0.29) is 17.5 Å². The molecule has 1 fully saturated rings. The number of nitrogens with one attached hydrogen (secondary N) is 1. The van der Waals surface area contributed by atoms with Crippen molar-refractivity contribution in [1.82, 2.24) is 5.32 Å². The van der Waals surface area contributed by atoms with Crippen molar-refractivity contribution in [3.05, 3.63) is 34.3 Å². The summed E-state index contributed by atoms with van der Waals surface area (Å²) in [5.41, 5.74) is 7.05. The van der Waals surface area contributed by atoms with Gasteiger partial charge in [0, 0.05) is 16.4 Å². The van der Waals surface area contributed by atoms with E-state index in [4.69, 9.17) is 5.73 Å². The summed E-state index contributed by atoms with van der Waals surface area (Å²) >= 11 is 3.44. The Morgan fingerprint density at radius 3 is 2.79 bits per heavy atom. The quantitative estimate of drug-likeness (QED) is 0.892. The highest BCUT2D eigenvalue weighted by molar-refractivity contribution is 9.10. The number of benzene rings is 1. The lowest BCUT2D eigenvalue weighted by atomic mass is 9.94. The molecule has 2 rings (SSSR count). The minimum Gasteiger partial charge on any atom is -0.350 e. The normalized spacial score (nSPS) is 19.1. The highest BCUT2D eigenvalue weighted by atomic mass is 79.9. The number of hydrogen-bond acceptors (Lipinski definition) is 2. The van der Waals surface area contributed by atoms with Crippen LogP contribution >= 0.6 is 15.9 Å². The van der Waals surface area contributed by atoms with Gasteiger partial charge in [-0.25, -0.2) is 0 Å². The van der Waals surface area contributed by atoms with E-state index in [0.29, 0.717) is 6.42 Å². The van der Waals surface area contributed by atoms with Crippen molar-refractivity contribution >= 4 is 21.8 Å². The second-order valence-electron chi connectivity index (χ2n) is 5.59. The van der Waals surface area contributed by atoms with Crippen molar-refractivity contribution in [3.63, 3.8) is 0 Å². The van der Waals surface area contributed by atoms with E-state index in [2.05, 4.69) is 21.2 Å². The van der Waals surface area contributed by atoms with Crippen molar-refractivity contribution in [2.75, 3.05) is 0 Å². The first-order valence-corrected chi connectivity index (χ1v) is 7.62. The molecule has 1 saturated carbocycles. The third kappa shape index (κ3) is 4.05. The van der Waals surface area contributed by atoms with E-state index >= 15 is 0 Å². The first-order valence-electron chi connectivity index (χ1n) is 6.82. The molecular weight excluding hydrogens is 304 g/mol. The Labute approximate surface area is 123 Å². The molecule has 4 heteroatoms. The lowest BCUT2D eigenvalue weighted by molar-refractivity contribution is -0.122. The standard InChI is InChI=1S/C15H21BrN2O/c1-11(12-5-4-6-13(16)9-12)18-14(19)10-15(17)7-2-3-8-15/h4-6,9,11H,2-3,7-8,10,17H2,1H3,(H,18,19)/t11-/m1/s1. The van der Waals surface area contributed by atoms with Gasteiger partial charge in [-0.05, 0) is 37.5 Å². The van der Waals surface area contributed by atoms with Crippen molar-refractivity contribution in [2.45, 2.75) is 50.6 Å². The second-order valence-corrected chi connectivity index (χ2v) is 6.51. The Morgan fingerprint density at radius 2 is 2.16 bits per heavy atom. The maximum atomic E-state index is 12.1. The first kappa shape index (κ1) is 14.5. The number of carbonyl (C=O) groups excluding carboxylic acids is 1. The van der Waals surface area contributed by atoms with Crippen LogP contribution in [-0.2, 0) is 4.79 Å². The maximum absolute atomic E-state index is 12.1. The van der Waals surface area contributed by atoms with Crippen molar-refractivity contribution in [1.29, 1.82) is 0 Å². The summed E-state index contributed by atoms with van der Waals surface area (Å²) in [5.74, 6) is 0.0527. The second kappa shape index (κ2) is 6.06. The van der Waals surface area contributed by atoms with E-state index in [9.17, 15) is 4.79 Å². The maximum Gasteiger partial charge on any atom is 0.222 e. The molecule has 3 N–H and O–H groups in total. The van der Waals surface area contributed by atoms with Crippen LogP contribution in [0.1, 0.15) is 50.6 Å². The molecule has 0 aromatic heterocycles. The molecule has 0 bridgehead atoms. The highest BCUT2D eigenvalue weighted by Crippen LogP contribution is 2.30. The highest BCUT2D eigenvalue weighted by Gasteiger charge is 2.31. The summed E-state index contributed by atoms with van der Waals surface area (Å²) in [6.07, 6.45) is 4.65. The van der Waals surface area contributed by atoms with Crippen LogP contribution in [0.15, 0.2) is 28.7 Å². The zero-order chi connectivity index (χ0) is 13.9. The van der Waals surface area contributed by atoms with Gasteiger partial charge in [-0.15, -0.1) is 0 Å². The molecule has 0 aliphatic heterocycles. The minimum absolute atomic E-state index is 0.00926. The zero-order valence-corrected chi connectivity index (χ0v) is 12.9. The molecule has 1 aliphatic rings. The molecule has 0 saturated heterocycles. The van der Waals surface area contributed by atoms with Crippen molar-refractivity contribution in [3.8, 4) is 0 Å². The zero-order valence-electron chi connectivity index (χ0n) is 11.3. The molecule has 19 heavy (non-hydrogen) atoms. The predicted molar refractivity (Wildman–Crippen MR) is 80.7 cm³/mol. The van der Waals surface area contributed by atoms with Gasteiger partial charge in [-0.3, -0.25) is 4.79 Å². The largest absolute Gasteiger partial charge is 0.350 e. The van der Waals surface area contributed by atoms with Gasteiger partial charge < -0.3 is 11.1 Å². The minimum atomic E-state index is -0.277. The average molecular weight is 325 g/mol. The number of nitrogens with two attached hydrogens (primary N) is 1. The molecule has 1 aliphatic carbocycles. The van der Waals surface area contributed by atoms with Crippen LogP contribution in [0.4, 0.5) is 0 Å². The molecule has 0 heterocycles. The average Bonchev–Trinajstić information content (AvgIpc) is 2.75. The Bertz CT molecular complexity index is 455. The molecule has 0 spiro atoms. The Balaban J connectivity index is 1.91. The van der Waals surface area contributed by atoms with Crippen molar-refractivity contribution < 1.29 is 4.79 Å². The van der Waals surface area contributed by atoms with Gasteiger partial charge in [0.2, 0.25) is 5.91 Å². The van der Waals surface area contributed by atoms with Gasteiger partial charge in [0.25, 0.3) is 0 Å². The molecule has 104 valence electrons. The number of hydrogen-bond donors (Lipinski definition) is 2. The van der Waals surface area contributed by atoms with Gasteiger partial charge in [0.15, 0.2) is 0 Å². The molecule has 3 nitrogen and oxygen atoms in total. The summed E-state index contributed by atoms with van der Waals surface area (Å²) in [6.45, 7) is 2.00. The number of halogens is 1. The summed E-state index contributed by atoms with van der Waals surface area (Å²) in [5, 5.41) is 3.04. The smallest absolute Gasteiger partial charge is 0.222 e. The molecule has 0 unspecified atom stereocenters. The van der Waals surface area contributed by atoms with Crippen LogP contribution in [0, 0.1) is 0 Å². The Morgan fingerprint density at radius 1 is 1.47 bits per heavy atom. The van der Waals surface area contributed by atoms with Crippen molar-refractivity contribution in [2.24, 2.45) is 5.73 Å². The number of amides is 1. The Hall–Kier alpha value is -0.870. The summed E-state index contributed by atoms with van der Waals surface area (Å²) in [7, 11) is 0. The number of carbonyl (C=O) groups is 1. The van der Waals surface area contributed by atoms with Crippen LogP contribution < -0.4 is 11.1 Å². The predicted octanol–water partition coefficient (Wildman–Crippen LogP) is 3.29. The van der Waals surface area contributed by atoms with Gasteiger partial charge in [0.1, 0.15) is 0 Å². The topological polar surface area (TPSA) is 55.1 Å². The van der Waals surface area contributed by atoms with Crippen LogP contribution in [0.25, 0.3) is 0 Å². The fraction of sp³-hybridized carbons (Fsp3) is 0.533.